The number of carbonyl (C=O) groups is 2. The van der Waals surface area contributed by atoms with Gasteiger partial charge in [-0.25, -0.2) is 4.79 Å². The van der Waals surface area contributed by atoms with E-state index in [0.29, 0.717) is 23.9 Å². The molecule has 1 aromatic heterocycles. The zero-order chi connectivity index (χ0) is 18.4. The number of hydrogen-bond donors (Lipinski definition) is 1. The highest BCUT2D eigenvalue weighted by Crippen LogP contribution is 2.41. The normalized spacial score (nSPS) is 25.7. The lowest BCUT2D eigenvalue weighted by Gasteiger charge is -2.33. The number of rotatable bonds is 3. The number of benzene rings is 1. The first-order valence-electron chi connectivity index (χ1n) is 9.64. The van der Waals surface area contributed by atoms with Crippen molar-refractivity contribution in [3.8, 4) is 0 Å². The Bertz CT molecular complexity index is 854. The van der Waals surface area contributed by atoms with Crippen LogP contribution in [0.25, 0.3) is 10.9 Å². The zero-order valence-corrected chi connectivity index (χ0v) is 15.4. The first-order valence-corrected chi connectivity index (χ1v) is 9.64. The number of carboxylic acids is 1. The molecule has 1 aromatic carbocycles. The lowest BCUT2D eigenvalue weighted by atomic mass is 9.84. The maximum Gasteiger partial charge on any atom is 0.326 e. The molecule has 1 saturated carbocycles. The van der Waals surface area contributed by atoms with Crippen LogP contribution in [0.15, 0.2) is 30.5 Å². The van der Waals surface area contributed by atoms with E-state index in [2.05, 4.69) is 18.4 Å². The minimum atomic E-state index is -0.875. The molecule has 1 N–H and O–H groups in total. The molecular weight excluding hydrogens is 328 g/mol. The predicted octanol–water partition coefficient (Wildman–Crippen LogP) is 4.08. The van der Waals surface area contributed by atoms with Gasteiger partial charge in [0.05, 0.1) is 0 Å². The summed E-state index contributed by atoms with van der Waals surface area (Å²) < 4.78 is 2.15. The van der Waals surface area contributed by atoms with Crippen LogP contribution in [0.3, 0.4) is 0 Å². The number of hydrogen-bond acceptors (Lipinski definition) is 2. The Morgan fingerprint density at radius 3 is 2.65 bits per heavy atom. The Kier molecular flexibility index (Phi) is 4.25. The monoisotopic (exact) mass is 354 g/mol. The van der Waals surface area contributed by atoms with Crippen LogP contribution in [0.2, 0.25) is 0 Å². The summed E-state index contributed by atoms with van der Waals surface area (Å²) in [5.74, 6) is -0.674. The lowest BCUT2D eigenvalue weighted by molar-refractivity contribution is -0.141. The highest BCUT2D eigenvalue weighted by molar-refractivity contribution is 6.07. The third kappa shape index (κ3) is 2.61. The van der Waals surface area contributed by atoms with Crippen molar-refractivity contribution in [3.63, 3.8) is 0 Å². The molecule has 2 aromatic rings. The molecule has 5 nitrogen and oxygen atoms in total. The van der Waals surface area contributed by atoms with Crippen molar-refractivity contribution in [2.24, 2.45) is 5.92 Å². The summed E-state index contributed by atoms with van der Waals surface area (Å²) in [5.41, 5.74) is 1.65. The van der Waals surface area contributed by atoms with E-state index in [4.69, 9.17) is 0 Å². The molecule has 2 fully saturated rings. The molecule has 1 aliphatic carbocycles. The Labute approximate surface area is 153 Å². The van der Waals surface area contributed by atoms with E-state index in [1.807, 2.05) is 30.5 Å². The Morgan fingerprint density at radius 1 is 1.15 bits per heavy atom. The Morgan fingerprint density at radius 2 is 1.92 bits per heavy atom. The van der Waals surface area contributed by atoms with E-state index in [1.165, 1.54) is 0 Å². The average Bonchev–Trinajstić information content (AvgIpc) is 3.22. The zero-order valence-electron chi connectivity index (χ0n) is 15.4. The van der Waals surface area contributed by atoms with Crippen LogP contribution in [0, 0.1) is 5.92 Å². The fraction of sp³-hybridized carbons (Fsp3) is 0.524. The number of fused-ring (bicyclic) bond motifs is 2. The van der Waals surface area contributed by atoms with Crippen LogP contribution in [0.1, 0.15) is 62.4 Å². The molecule has 0 bridgehead atoms. The van der Waals surface area contributed by atoms with Crippen molar-refractivity contribution in [3.05, 3.63) is 36.0 Å². The quantitative estimate of drug-likeness (QED) is 0.903. The van der Waals surface area contributed by atoms with Gasteiger partial charge in [0, 0.05) is 34.7 Å². The van der Waals surface area contributed by atoms with Crippen LogP contribution in [0.4, 0.5) is 0 Å². The lowest BCUT2D eigenvalue weighted by Crippen LogP contribution is -2.46. The van der Waals surface area contributed by atoms with E-state index in [1.54, 1.807) is 4.90 Å². The van der Waals surface area contributed by atoms with Crippen molar-refractivity contribution in [2.45, 2.75) is 64.1 Å². The summed E-state index contributed by atoms with van der Waals surface area (Å²) in [7, 11) is 0. The summed E-state index contributed by atoms with van der Waals surface area (Å²) in [6.45, 7) is 4.23. The molecule has 1 aliphatic heterocycles. The average molecular weight is 354 g/mol. The maximum atomic E-state index is 13.5. The molecule has 0 radical (unpaired) electrons. The minimum absolute atomic E-state index is 0.0693. The first-order chi connectivity index (χ1) is 12.5. The van der Waals surface area contributed by atoms with Crippen LogP contribution in [0.5, 0.6) is 0 Å². The highest BCUT2D eigenvalue weighted by atomic mass is 16.4. The van der Waals surface area contributed by atoms with Crippen molar-refractivity contribution in [2.75, 3.05) is 0 Å². The SMILES string of the molecule is CC(C)n1ccc2c(C(=O)N3[C@H](C(=O)O)C[C@@H]4CCCC[C@@H]43)cccc21. The van der Waals surface area contributed by atoms with Gasteiger partial charge in [-0.15, -0.1) is 0 Å². The molecule has 3 atom stereocenters. The van der Waals surface area contributed by atoms with E-state index < -0.39 is 12.0 Å². The van der Waals surface area contributed by atoms with E-state index >= 15 is 0 Å². The number of aliphatic carboxylic acids is 1. The third-order valence-electron chi connectivity index (χ3n) is 6.16. The Balaban J connectivity index is 1.76. The topological polar surface area (TPSA) is 62.5 Å². The third-order valence-corrected chi connectivity index (χ3v) is 6.16. The molecule has 5 heteroatoms. The number of carboxylic acid groups (broad SMARTS) is 1. The second kappa shape index (κ2) is 6.45. The highest BCUT2D eigenvalue weighted by Gasteiger charge is 2.47. The fourth-order valence-corrected chi connectivity index (χ4v) is 4.94. The first kappa shape index (κ1) is 17.1. The number of amides is 1. The van der Waals surface area contributed by atoms with Gasteiger partial charge in [-0.05, 0) is 57.2 Å². The van der Waals surface area contributed by atoms with Crippen LogP contribution in [-0.4, -0.2) is 38.5 Å². The molecule has 2 heterocycles. The molecule has 1 amide bonds. The standard InChI is InChI=1S/C21H26N2O3/c1-13(2)22-11-10-15-16(7-5-9-18(15)22)20(24)23-17-8-4-3-6-14(17)12-19(23)21(25)26/h5,7,9-11,13-14,17,19H,3-4,6,8,12H2,1-2H3,(H,25,26)/t14-,17-,19-/m0/s1. The van der Waals surface area contributed by atoms with Gasteiger partial charge >= 0.3 is 5.97 Å². The molecule has 1 saturated heterocycles. The van der Waals surface area contributed by atoms with Gasteiger partial charge in [0.15, 0.2) is 0 Å². The van der Waals surface area contributed by atoms with Crippen LogP contribution in [-0.2, 0) is 4.79 Å². The summed E-state index contributed by atoms with van der Waals surface area (Å²) in [5, 5.41) is 10.6. The largest absolute Gasteiger partial charge is 0.480 e. The van der Waals surface area contributed by atoms with Crippen LogP contribution >= 0.6 is 0 Å². The van der Waals surface area contributed by atoms with E-state index in [9.17, 15) is 14.7 Å². The van der Waals surface area contributed by atoms with Crippen molar-refractivity contribution < 1.29 is 14.7 Å². The number of likely N-dealkylation sites (tertiary alicyclic amines) is 1. The molecule has 26 heavy (non-hydrogen) atoms. The van der Waals surface area contributed by atoms with Crippen molar-refractivity contribution in [1.29, 1.82) is 0 Å². The number of nitrogens with zero attached hydrogens (tertiary/aromatic N) is 2. The van der Waals surface area contributed by atoms with Gasteiger partial charge in [-0.3, -0.25) is 4.79 Å². The summed E-state index contributed by atoms with van der Waals surface area (Å²) in [4.78, 5) is 27.0. The molecule has 4 rings (SSSR count). The van der Waals surface area contributed by atoms with E-state index in [0.717, 1.165) is 36.6 Å². The van der Waals surface area contributed by atoms with Gasteiger partial charge in [-0.2, -0.15) is 0 Å². The minimum Gasteiger partial charge on any atom is -0.480 e. The summed E-state index contributed by atoms with van der Waals surface area (Å²) in [6, 6.07) is 7.42. The Hall–Kier alpha value is -2.30. The smallest absolute Gasteiger partial charge is 0.326 e. The molecule has 2 aliphatic rings. The van der Waals surface area contributed by atoms with E-state index in [-0.39, 0.29) is 11.9 Å². The molecule has 0 spiro atoms. The van der Waals surface area contributed by atoms with Crippen LogP contribution < -0.4 is 0 Å². The fourth-order valence-electron chi connectivity index (χ4n) is 4.94. The van der Waals surface area contributed by atoms with Gasteiger partial charge in [0.2, 0.25) is 0 Å². The predicted molar refractivity (Wildman–Crippen MR) is 100 cm³/mol. The molecular formula is C21H26N2O3. The van der Waals surface area contributed by atoms with Gasteiger partial charge < -0.3 is 14.6 Å². The summed E-state index contributed by atoms with van der Waals surface area (Å²) >= 11 is 0. The van der Waals surface area contributed by atoms with Crippen molar-refractivity contribution in [1.82, 2.24) is 9.47 Å². The second-order valence-electron chi connectivity index (χ2n) is 7.97. The van der Waals surface area contributed by atoms with Crippen molar-refractivity contribution >= 4 is 22.8 Å². The summed E-state index contributed by atoms with van der Waals surface area (Å²) in [6.07, 6.45) is 6.77. The van der Waals surface area contributed by atoms with Gasteiger partial charge in [-0.1, -0.05) is 18.9 Å². The number of aromatic nitrogens is 1. The number of carbonyl (C=O) groups excluding carboxylic acids is 1. The van der Waals surface area contributed by atoms with Gasteiger partial charge in [0.25, 0.3) is 5.91 Å². The second-order valence-corrected chi connectivity index (χ2v) is 7.97. The molecule has 0 unspecified atom stereocenters. The van der Waals surface area contributed by atoms with Gasteiger partial charge in [0.1, 0.15) is 6.04 Å². The molecule has 138 valence electrons. The maximum absolute atomic E-state index is 13.5.